The average Bonchev–Trinajstić information content (AvgIpc) is 2.05. The Bertz CT molecular complexity index is 227. The van der Waals surface area contributed by atoms with Crippen molar-refractivity contribution < 1.29 is 26.3 Å². The molecule has 1 rings (SSSR count). The van der Waals surface area contributed by atoms with Crippen molar-refractivity contribution in [2.75, 3.05) is 0 Å². The summed E-state index contributed by atoms with van der Waals surface area (Å²) in [6.07, 6.45) is 3.23. The van der Waals surface area contributed by atoms with Gasteiger partial charge in [0, 0.05) is 0 Å². The summed E-state index contributed by atoms with van der Waals surface area (Å²) in [6.45, 7) is 0. The molecule has 0 aliphatic carbocycles. The molecule has 5 heteroatoms. The number of hydrogen-bond acceptors (Lipinski definition) is 2. The molecule has 0 aliphatic heterocycles. The van der Waals surface area contributed by atoms with E-state index >= 15 is 0 Å². The van der Waals surface area contributed by atoms with E-state index in [1.54, 1.807) is 24.5 Å². The molecule has 60 valence electrons. The van der Waals surface area contributed by atoms with Crippen LogP contribution in [0.25, 0.3) is 0 Å². The molecule has 0 saturated heterocycles. The number of carbonyl (C=O) groups is 1. The zero-order valence-electron chi connectivity index (χ0n) is 5.70. The molecule has 0 aliphatic rings. The summed E-state index contributed by atoms with van der Waals surface area (Å²) in [6, 6.07) is 4.96. The summed E-state index contributed by atoms with van der Waals surface area (Å²) < 4.78 is 1.35. The first-order valence-electron chi connectivity index (χ1n) is 2.82. The lowest BCUT2D eigenvalue weighted by atomic mass is 10.5. The summed E-state index contributed by atoms with van der Waals surface area (Å²) in [5.74, 6) is 4.88. The van der Waals surface area contributed by atoms with E-state index in [9.17, 15) is 4.79 Å². The lowest BCUT2D eigenvalue weighted by Gasteiger charge is -1.90. The molecule has 1 aromatic heterocycles. The molecule has 0 spiro atoms. The van der Waals surface area contributed by atoms with Crippen LogP contribution in [0.4, 0.5) is 4.79 Å². The van der Waals surface area contributed by atoms with Gasteiger partial charge in [-0.05, 0) is 12.1 Å². The van der Waals surface area contributed by atoms with E-state index < -0.39 is 0 Å². The fourth-order valence-electron chi connectivity index (χ4n) is 0.609. The molecule has 3 N–H and O–H groups in total. The highest BCUT2D eigenvalue weighted by Crippen LogP contribution is 1.74. The number of nitrogens with one attached hydrogen (secondary N) is 1. The molecule has 11 heavy (non-hydrogen) atoms. The molecular formula is C6H8BrN3O. The maximum Gasteiger partial charge on any atom is 0.513 e. The second kappa shape index (κ2) is 4.81. The van der Waals surface area contributed by atoms with Gasteiger partial charge in [-0.1, -0.05) is 6.07 Å². The van der Waals surface area contributed by atoms with Crippen molar-refractivity contribution in [3.8, 4) is 0 Å². The van der Waals surface area contributed by atoms with Gasteiger partial charge < -0.3 is 17.0 Å². The topological polar surface area (TPSA) is 59.0 Å². The van der Waals surface area contributed by atoms with Crippen LogP contribution in [0.15, 0.2) is 30.6 Å². The van der Waals surface area contributed by atoms with Crippen LogP contribution in [0.2, 0.25) is 0 Å². The SMILES string of the molecule is NNC(=O)[n+]1ccccc1.[Br-]. The second-order valence-corrected chi connectivity index (χ2v) is 1.73. The smallest absolute Gasteiger partial charge is 0.513 e. The van der Waals surface area contributed by atoms with Gasteiger partial charge in [0.2, 0.25) is 0 Å². The van der Waals surface area contributed by atoms with E-state index in [1.807, 2.05) is 11.5 Å². The number of nitrogen functional groups attached to an aromatic ring is 1. The van der Waals surface area contributed by atoms with Gasteiger partial charge in [-0.2, -0.15) is 20.6 Å². The quantitative estimate of drug-likeness (QED) is 0.205. The Hall–Kier alpha value is -0.940. The molecule has 1 heterocycles. The average molecular weight is 218 g/mol. The van der Waals surface area contributed by atoms with Crippen LogP contribution >= 0.6 is 0 Å². The minimum absolute atomic E-state index is 0. The minimum Gasteiger partial charge on any atom is -1.00 e. The first kappa shape index (κ1) is 10.1. The summed E-state index contributed by atoms with van der Waals surface area (Å²) in [5.41, 5.74) is 2.01. The first-order chi connectivity index (χ1) is 4.84. The number of nitrogens with two attached hydrogens (primary N) is 1. The molecule has 4 nitrogen and oxygen atoms in total. The highest BCUT2D eigenvalue weighted by molar-refractivity contribution is 5.62. The lowest BCUT2D eigenvalue weighted by molar-refractivity contribution is -0.572. The third kappa shape index (κ3) is 2.65. The van der Waals surface area contributed by atoms with E-state index in [1.165, 1.54) is 4.57 Å². The Morgan fingerprint density at radius 1 is 1.27 bits per heavy atom. The fraction of sp³-hybridized carbons (Fsp3) is 0. The number of amides is 1. The summed E-state index contributed by atoms with van der Waals surface area (Å²) in [7, 11) is 0. The third-order valence-corrected chi connectivity index (χ3v) is 1.07. The van der Waals surface area contributed by atoms with Crippen LogP contribution in [-0.2, 0) is 0 Å². The van der Waals surface area contributed by atoms with Crippen LogP contribution in [0, 0.1) is 0 Å². The minimum atomic E-state index is -0.347. The Labute approximate surface area is 74.8 Å². The molecule has 0 unspecified atom stereocenters. The second-order valence-electron chi connectivity index (χ2n) is 1.73. The molecule has 1 amide bonds. The van der Waals surface area contributed by atoms with E-state index in [0.29, 0.717) is 0 Å². The summed E-state index contributed by atoms with van der Waals surface area (Å²) >= 11 is 0. The van der Waals surface area contributed by atoms with Gasteiger partial charge in [-0.3, -0.25) is 0 Å². The van der Waals surface area contributed by atoms with Gasteiger partial charge in [0.05, 0.1) is 12.4 Å². The molecule has 0 bridgehead atoms. The molecule has 0 saturated carbocycles. The van der Waals surface area contributed by atoms with Crippen molar-refractivity contribution in [3.63, 3.8) is 0 Å². The number of rotatable bonds is 0. The van der Waals surface area contributed by atoms with Crippen LogP contribution in [0.3, 0.4) is 0 Å². The molecule has 0 aromatic carbocycles. The van der Waals surface area contributed by atoms with Gasteiger partial charge in [0.15, 0.2) is 0 Å². The van der Waals surface area contributed by atoms with Crippen molar-refractivity contribution in [2.45, 2.75) is 0 Å². The normalized spacial score (nSPS) is 8.09. The summed E-state index contributed by atoms with van der Waals surface area (Å²) in [4.78, 5) is 10.7. The maximum absolute atomic E-state index is 10.7. The van der Waals surface area contributed by atoms with Crippen molar-refractivity contribution in [1.29, 1.82) is 0 Å². The summed E-state index contributed by atoms with van der Waals surface area (Å²) in [5, 5.41) is 0. The number of carbonyl (C=O) groups excluding carboxylic acids is 1. The fourth-order valence-corrected chi connectivity index (χ4v) is 0.609. The van der Waals surface area contributed by atoms with E-state index in [2.05, 4.69) is 0 Å². The van der Waals surface area contributed by atoms with Crippen molar-refractivity contribution in [1.82, 2.24) is 5.43 Å². The molecule has 0 radical (unpaired) electrons. The van der Waals surface area contributed by atoms with Gasteiger partial charge in [0.25, 0.3) is 0 Å². The maximum atomic E-state index is 10.7. The van der Waals surface area contributed by atoms with E-state index in [-0.39, 0.29) is 23.0 Å². The molecular weight excluding hydrogens is 210 g/mol. The lowest BCUT2D eigenvalue weighted by Crippen LogP contribution is -3.00. The van der Waals surface area contributed by atoms with Gasteiger partial charge in [-0.25, -0.2) is 0 Å². The monoisotopic (exact) mass is 217 g/mol. The van der Waals surface area contributed by atoms with Crippen molar-refractivity contribution >= 4 is 6.03 Å². The van der Waals surface area contributed by atoms with Gasteiger partial charge in [0.1, 0.15) is 0 Å². The van der Waals surface area contributed by atoms with Crippen LogP contribution in [0.1, 0.15) is 0 Å². The molecule has 0 fully saturated rings. The number of nitrogens with zero attached hydrogens (tertiary/aromatic N) is 1. The van der Waals surface area contributed by atoms with Gasteiger partial charge >= 0.3 is 6.03 Å². The first-order valence-corrected chi connectivity index (χ1v) is 2.82. The van der Waals surface area contributed by atoms with Crippen molar-refractivity contribution in [3.05, 3.63) is 30.6 Å². The van der Waals surface area contributed by atoms with Crippen LogP contribution in [0.5, 0.6) is 0 Å². The van der Waals surface area contributed by atoms with Crippen LogP contribution < -0.4 is 32.8 Å². The molecule has 1 aromatic rings. The number of halogens is 1. The Kier molecular flexibility index (Phi) is 4.40. The third-order valence-electron chi connectivity index (χ3n) is 1.07. The van der Waals surface area contributed by atoms with Crippen molar-refractivity contribution in [2.24, 2.45) is 5.84 Å². The van der Waals surface area contributed by atoms with E-state index in [0.717, 1.165) is 0 Å². The standard InChI is InChI=1S/C6H7N3O.BrH/c7-8-6(10)9-4-2-1-3-5-9;/h1-5H,7H2;1H. The highest BCUT2D eigenvalue weighted by atomic mass is 79.9. The number of pyridine rings is 1. The predicted octanol–water partition coefficient (Wildman–Crippen LogP) is -3.59. The Balaban J connectivity index is 0.000001000. The van der Waals surface area contributed by atoms with Gasteiger partial charge in [-0.15, -0.1) is 0 Å². The Morgan fingerprint density at radius 2 is 1.82 bits per heavy atom. The Morgan fingerprint density at radius 3 is 2.27 bits per heavy atom. The largest absolute Gasteiger partial charge is 1.00 e. The van der Waals surface area contributed by atoms with Crippen LogP contribution in [-0.4, -0.2) is 6.03 Å². The number of hydrogen-bond donors (Lipinski definition) is 2. The van der Waals surface area contributed by atoms with E-state index in [4.69, 9.17) is 5.84 Å². The molecule has 0 atom stereocenters. The highest BCUT2D eigenvalue weighted by Gasteiger charge is 2.06. The zero-order valence-corrected chi connectivity index (χ0v) is 7.28. The predicted molar refractivity (Wildman–Crippen MR) is 34.8 cm³/mol. The zero-order chi connectivity index (χ0) is 7.40. The number of hydrazine groups is 1. The number of aromatic nitrogens is 1.